The van der Waals surface area contributed by atoms with Gasteiger partial charge in [0.1, 0.15) is 0 Å². The Morgan fingerprint density at radius 1 is 1.16 bits per heavy atom. The molecule has 3 rings (SSSR count). The summed E-state index contributed by atoms with van der Waals surface area (Å²) in [7, 11) is 3.64. The van der Waals surface area contributed by atoms with Crippen LogP contribution in [0.2, 0.25) is 0 Å². The highest BCUT2D eigenvalue weighted by Crippen LogP contribution is 2.32. The summed E-state index contributed by atoms with van der Waals surface area (Å²) < 4.78 is 11.1. The number of guanidine groups is 1. The van der Waals surface area contributed by atoms with E-state index in [0.717, 1.165) is 58.1 Å². The van der Waals surface area contributed by atoms with Crippen LogP contribution in [-0.4, -0.2) is 69.5 Å². The van der Waals surface area contributed by atoms with E-state index >= 15 is 0 Å². The van der Waals surface area contributed by atoms with Gasteiger partial charge in [0.2, 0.25) is 0 Å². The summed E-state index contributed by atoms with van der Waals surface area (Å²) in [6, 6.07) is 11.1. The number of ether oxygens (including phenoxy) is 2. The highest BCUT2D eigenvalue weighted by atomic mass is 16.5. The molecule has 1 unspecified atom stereocenters. The number of piperidine rings is 1. The number of likely N-dealkylation sites (tertiary alicyclic amines) is 1. The van der Waals surface area contributed by atoms with Gasteiger partial charge in [0.15, 0.2) is 5.96 Å². The van der Waals surface area contributed by atoms with Gasteiger partial charge >= 0.3 is 0 Å². The van der Waals surface area contributed by atoms with Crippen LogP contribution in [0.4, 0.5) is 0 Å². The van der Waals surface area contributed by atoms with Crippen LogP contribution in [0.1, 0.15) is 63.5 Å². The number of benzene rings is 1. The molecular formula is C25H42N4O2. The average molecular weight is 431 g/mol. The first-order valence-electron chi connectivity index (χ1n) is 12.0. The van der Waals surface area contributed by atoms with Gasteiger partial charge in [-0.3, -0.25) is 4.99 Å². The standard InChI is InChI=1S/C25H42N4O2/c1-21(22-10-5-4-6-11-22)28-25(14-7-8-15-25)20-27-24(26-2)29-16-12-23(13-17-29)31-19-9-18-30-3/h4-6,10-11,21,23,28H,7-9,12-20H2,1-3H3,(H,26,27). The van der Waals surface area contributed by atoms with E-state index in [-0.39, 0.29) is 5.54 Å². The van der Waals surface area contributed by atoms with Crippen molar-refractivity contribution < 1.29 is 9.47 Å². The summed E-state index contributed by atoms with van der Waals surface area (Å²) in [6.45, 7) is 6.75. The topological polar surface area (TPSA) is 58.1 Å². The normalized spacial score (nSPS) is 20.7. The Morgan fingerprint density at radius 2 is 1.87 bits per heavy atom. The van der Waals surface area contributed by atoms with Crippen LogP contribution >= 0.6 is 0 Å². The van der Waals surface area contributed by atoms with E-state index in [2.05, 4.69) is 57.8 Å². The highest BCUT2D eigenvalue weighted by Gasteiger charge is 2.35. The molecule has 1 saturated carbocycles. The second-order valence-corrected chi connectivity index (χ2v) is 9.07. The third kappa shape index (κ3) is 7.19. The molecule has 1 aliphatic heterocycles. The van der Waals surface area contributed by atoms with Gasteiger partial charge in [0.25, 0.3) is 0 Å². The lowest BCUT2D eigenvalue weighted by molar-refractivity contribution is 0.00985. The first-order valence-corrected chi connectivity index (χ1v) is 12.0. The van der Waals surface area contributed by atoms with Crippen LogP contribution < -0.4 is 10.6 Å². The number of nitrogens with one attached hydrogen (secondary N) is 2. The lowest BCUT2D eigenvalue weighted by Gasteiger charge is -2.38. The maximum absolute atomic E-state index is 6.01. The van der Waals surface area contributed by atoms with Gasteiger partial charge in [0, 0.05) is 58.6 Å². The monoisotopic (exact) mass is 430 g/mol. The molecule has 2 fully saturated rings. The Kier molecular flexibility index (Phi) is 9.62. The molecule has 31 heavy (non-hydrogen) atoms. The molecule has 0 aromatic heterocycles. The van der Waals surface area contributed by atoms with Crippen LogP contribution in [0.15, 0.2) is 35.3 Å². The molecule has 2 N–H and O–H groups in total. The molecule has 0 spiro atoms. The van der Waals surface area contributed by atoms with Gasteiger partial charge < -0.3 is 25.0 Å². The van der Waals surface area contributed by atoms with E-state index in [1.165, 1.54) is 31.2 Å². The van der Waals surface area contributed by atoms with Crippen molar-refractivity contribution in [3.63, 3.8) is 0 Å². The third-order valence-electron chi connectivity index (χ3n) is 6.77. The van der Waals surface area contributed by atoms with Gasteiger partial charge in [-0.1, -0.05) is 43.2 Å². The van der Waals surface area contributed by atoms with E-state index in [9.17, 15) is 0 Å². The number of rotatable bonds is 10. The zero-order chi connectivity index (χ0) is 21.9. The molecule has 174 valence electrons. The minimum atomic E-state index is 0.133. The van der Waals surface area contributed by atoms with Gasteiger partial charge in [-0.25, -0.2) is 0 Å². The summed E-state index contributed by atoms with van der Waals surface area (Å²) in [4.78, 5) is 6.99. The maximum Gasteiger partial charge on any atom is 0.193 e. The molecule has 6 heteroatoms. The average Bonchev–Trinajstić information content (AvgIpc) is 3.27. The van der Waals surface area contributed by atoms with E-state index in [1.54, 1.807) is 7.11 Å². The summed E-state index contributed by atoms with van der Waals surface area (Å²) in [5.74, 6) is 1.03. The minimum absolute atomic E-state index is 0.133. The van der Waals surface area contributed by atoms with E-state index in [4.69, 9.17) is 9.47 Å². The third-order valence-corrected chi connectivity index (χ3v) is 6.77. The van der Waals surface area contributed by atoms with Crippen molar-refractivity contribution in [3.05, 3.63) is 35.9 Å². The quantitative estimate of drug-likeness (QED) is 0.336. The fourth-order valence-electron chi connectivity index (χ4n) is 4.98. The molecule has 6 nitrogen and oxygen atoms in total. The van der Waals surface area contributed by atoms with Crippen LogP contribution in [0.3, 0.4) is 0 Å². The zero-order valence-corrected chi connectivity index (χ0v) is 19.7. The second-order valence-electron chi connectivity index (χ2n) is 9.07. The zero-order valence-electron chi connectivity index (χ0n) is 19.7. The van der Waals surface area contributed by atoms with Crippen LogP contribution in [-0.2, 0) is 9.47 Å². The van der Waals surface area contributed by atoms with Gasteiger partial charge in [-0.15, -0.1) is 0 Å². The highest BCUT2D eigenvalue weighted by molar-refractivity contribution is 5.80. The van der Waals surface area contributed by atoms with Crippen molar-refractivity contribution in [2.24, 2.45) is 4.99 Å². The first kappa shape index (κ1) is 24.0. The Balaban J connectivity index is 1.48. The fraction of sp³-hybridized carbons (Fsp3) is 0.720. The van der Waals surface area contributed by atoms with Gasteiger partial charge in [0.05, 0.1) is 6.10 Å². The Labute approximate surface area is 188 Å². The number of methoxy groups -OCH3 is 1. The van der Waals surface area contributed by atoms with Crippen molar-refractivity contribution in [1.29, 1.82) is 0 Å². The molecule has 0 amide bonds. The second kappa shape index (κ2) is 12.4. The smallest absolute Gasteiger partial charge is 0.193 e. The summed E-state index contributed by atoms with van der Waals surface area (Å²) in [5.41, 5.74) is 1.49. The number of aliphatic imine (C=N–C) groups is 1. The first-order chi connectivity index (χ1) is 15.2. The van der Waals surface area contributed by atoms with Crippen LogP contribution in [0.25, 0.3) is 0 Å². The lowest BCUT2D eigenvalue weighted by Crippen LogP contribution is -2.55. The molecule has 1 atom stereocenters. The van der Waals surface area contributed by atoms with E-state index < -0.39 is 0 Å². The predicted octanol–water partition coefficient (Wildman–Crippen LogP) is 3.74. The van der Waals surface area contributed by atoms with Gasteiger partial charge in [-0.05, 0) is 44.6 Å². The van der Waals surface area contributed by atoms with Crippen molar-refractivity contribution in [3.8, 4) is 0 Å². The molecule has 2 aliphatic rings. The molecular weight excluding hydrogens is 388 g/mol. The molecule has 1 aromatic carbocycles. The van der Waals surface area contributed by atoms with Crippen LogP contribution in [0, 0.1) is 0 Å². The number of nitrogens with zero attached hydrogens (tertiary/aromatic N) is 2. The summed E-state index contributed by atoms with van der Waals surface area (Å²) >= 11 is 0. The fourth-order valence-corrected chi connectivity index (χ4v) is 4.98. The Hall–Kier alpha value is -1.63. The molecule has 1 aliphatic carbocycles. The molecule has 1 aromatic rings. The van der Waals surface area contributed by atoms with Crippen molar-refractivity contribution in [2.75, 3.05) is 47.0 Å². The summed E-state index contributed by atoms with van der Waals surface area (Å²) in [6.07, 6.45) is 8.46. The molecule has 1 saturated heterocycles. The number of hydrogen-bond acceptors (Lipinski definition) is 4. The molecule has 0 bridgehead atoms. The minimum Gasteiger partial charge on any atom is -0.385 e. The Morgan fingerprint density at radius 3 is 2.52 bits per heavy atom. The number of hydrogen-bond donors (Lipinski definition) is 2. The van der Waals surface area contributed by atoms with Crippen molar-refractivity contribution in [2.45, 2.75) is 69.6 Å². The maximum atomic E-state index is 6.01. The molecule has 0 radical (unpaired) electrons. The van der Waals surface area contributed by atoms with Crippen LogP contribution in [0.5, 0.6) is 0 Å². The van der Waals surface area contributed by atoms with Crippen molar-refractivity contribution >= 4 is 5.96 Å². The van der Waals surface area contributed by atoms with Crippen molar-refractivity contribution in [1.82, 2.24) is 15.5 Å². The summed E-state index contributed by atoms with van der Waals surface area (Å²) in [5, 5.41) is 7.67. The SMILES string of the molecule is CN=C(NCC1(NC(C)c2ccccc2)CCCC1)N1CCC(OCCCOC)CC1. The van der Waals surface area contributed by atoms with E-state index in [0.29, 0.717) is 12.1 Å². The largest absolute Gasteiger partial charge is 0.385 e. The Bertz CT molecular complexity index is 653. The van der Waals surface area contributed by atoms with Gasteiger partial charge in [-0.2, -0.15) is 0 Å². The van der Waals surface area contributed by atoms with E-state index in [1.807, 2.05) is 7.05 Å². The predicted molar refractivity (Wildman–Crippen MR) is 128 cm³/mol. The molecule has 1 heterocycles. The lowest BCUT2D eigenvalue weighted by atomic mass is 9.94.